The van der Waals surface area contributed by atoms with Gasteiger partial charge in [-0.1, -0.05) is 13.0 Å². The molecule has 0 fully saturated rings. The summed E-state index contributed by atoms with van der Waals surface area (Å²) in [6.07, 6.45) is 9.22. The van der Waals surface area contributed by atoms with Crippen molar-refractivity contribution in [1.82, 2.24) is 10.3 Å². The smallest absolute Gasteiger partial charge is 0.143 e. The molecule has 3 nitrogen and oxygen atoms in total. The molecular weight excluding hydrogens is 236 g/mol. The summed E-state index contributed by atoms with van der Waals surface area (Å²) in [5.41, 5.74) is 2.06. The molecule has 0 saturated carbocycles. The Labute approximate surface area is 116 Å². The molecule has 0 spiro atoms. The third-order valence-electron chi connectivity index (χ3n) is 3.28. The zero-order valence-corrected chi connectivity index (χ0v) is 12.0. The molecule has 104 valence electrons. The number of hydrogen-bond donors (Lipinski definition) is 1. The van der Waals surface area contributed by atoms with E-state index in [1.807, 2.05) is 19.1 Å². The van der Waals surface area contributed by atoms with Gasteiger partial charge in [0, 0.05) is 12.2 Å². The predicted molar refractivity (Wildman–Crippen MR) is 78.4 cm³/mol. The van der Waals surface area contributed by atoms with Gasteiger partial charge in [-0.3, -0.25) is 4.98 Å². The maximum absolute atomic E-state index is 6.08. The molecule has 0 aromatic carbocycles. The fraction of sp³-hybridized carbons (Fsp3) is 0.562. The average Bonchev–Trinajstić information content (AvgIpc) is 2.43. The quantitative estimate of drug-likeness (QED) is 0.629. The minimum Gasteiger partial charge on any atom is -0.484 e. The van der Waals surface area contributed by atoms with Gasteiger partial charge in [-0.2, -0.15) is 0 Å². The Balaban J connectivity index is 2.04. The highest BCUT2D eigenvalue weighted by Crippen LogP contribution is 2.22. The number of nitrogens with zero attached hydrogens (tertiary/aromatic N) is 1. The summed E-state index contributed by atoms with van der Waals surface area (Å²) in [5, 5.41) is 3.40. The molecule has 2 rings (SSSR count). The molecule has 0 amide bonds. The molecule has 1 aromatic rings. The van der Waals surface area contributed by atoms with E-state index in [0.717, 1.165) is 43.1 Å². The van der Waals surface area contributed by atoms with Gasteiger partial charge in [0.05, 0.1) is 5.69 Å². The van der Waals surface area contributed by atoms with Crippen molar-refractivity contribution < 1.29 is 4.74 Å². The van der Waals surface area contributed by atoms with Crippen molar-refractivity contribution in [2.75, 3.05) is 6.54 Å². The second kappa shape index (κ2) is 7.29. The Morgan fingerprint density at radius 3 is 3.05 bits per heavy atom. The second-order valence-corrected chi connectivity index (χ2v) is 5.09. The Bertz CT molecular complexity index is 429. The number of hydrogen-bond acceptors (Lipinski definition) is 3. The number of rotatable bonds is 6. The fourth-order valence-electron chi connectivity index (χ4n) is 2.26. The van der Waals surface area contributed by atoms with Crippen LogP contribution in [0.1, 0.15) is 44.0 Å². The maximum atomic E-state index is 6.08. The van der Waals surface area contributed by atoms with Gasteiger partial charge in [0.2, 0.25) is 0 Å². The lowest BCUT2D eigenvalue weighted by Gasteiger charge is -2.20. The second-order valence-electron chi connectivity index (χ2n) is 5.09. The van der Waals surface area contributed by atoms with E-state index < -0.39 is 0 Å². The van der Waals surface area contributed by atoms with Crippen LogP contribution in [-0.2, 0) is 6.54 Å². The van der Waals surface area contributed by atoms with Gasteiger partial charge in [0.15, 0.2) is 0 Å². The van der Waals surface area contributed by atoms with Crippen molar-refractivity contribution in [3.05, 3.63) is 35.7 Å². The molecule has 1 aliphatic carbocycles. The van der Waals surface area contributed by atoms with E-state index in [0.29, 0.717) is 0 Å². The van der Waals surface area contributed by atoms with Crippen LogP contribution in [0, 0.1) is 6.92 Å². The highest BCUT2D eigenvalue weighted by atomic mass is 16.5. The summed E-state index contributed by atoms with van der Waals surface area (Å²) < 4.78 is 6.08. The van der Waals surface area contributed by atoms with Crippen LogP contribution in [0.3, 0.4) is 0 Å². The van der Waals surface area contributed by atoms with Crippen molar-refractivity contribution in [2.24, 2.45) is 0 Å². The zero-order chi connectivity index (χ0) is 13.5. The Hall–Kier alpha value is -1.35. The lowest BCUT2D eigenvalue weighted by Crippen LogP contribution is -2.20. The molecule has 0 saturated heterocycles. The van der Waals surface area contributed by atoms with Crippen LogP contribution in [0.5, 0.6) is 5.75 Å². The number of nitrogens with one attached hydrogen (secondary N) is 1. The van der Waals surface area contributed by atoms with Gasteiger partial charge >= 0.3 is 0 Å². The molecule has 1 heterocycles. The minimum atomic E-state index is 0.211. The Morgan fingerprint density at radius 1 is 1.42 bits per heavy atom. The molecule has 0 radical (unpaired) electrons. The Morgan fingerprint density at radius 2 is 2.32 bits per heavy atom. The Kier molecular flexibility index (Phi) is 5.40. The van der Waals surface area contributed by atoms with E-state index in [2.05, 4.69) is 29.4 Å². The zero-order valence-electron chi connectivity index (χ0n) is 12.0. The van der Waals surface area contributed by atoms with Gasteiger partial charge < -0.3 is 10.1 Å². The number of pyridine rings is 1. The molecule has 1 unspecified atom stereocenters. The third kappa shape index (κ3) is 4.35. The largest absolute Gasteiger partial charge is 0.484 e. The molecule has 1 N–H and O–H groups in total. The molecule has 1 aromatic heterocycles. The van der Waals surface area contributed by atoms with Gasteiger partial charge in [0.1, 0.15) is 11.9 Å². The SMILES string of the molecule is CCCNCc1nc(C)ccc1OC1C=CCCC1. The van der Waals surface area contributed by atoms with Crippen LogP contribution in [0.2, 0.25) is 0 Å². The van der Waals surface area contributed by atoms with Crippen LogP contribution >= 0.6 is 0 Å². The highest BCUT2D eigenvalue weighted by molar-refractivity contribution is 5.30. The van der Waals surface area contributed by atoms with E-state index in [9.17, 15) is 0 Å². The summed E-state index contributed by atoms with van der Waals surface area (Å²) in [6, 6.07) is 4.07. The first-order chi connectivity index (χ1) is 9.29. The van der Waals surface area contributed by atoms with Crippen molar-refractivity contribution in [3.8, 4) is 5.75 Å². The van der Waals surface area contributed by atoms with Crippen LogP contribution in [0.25, 0.3) is 0 Å². The third-order valence-corrected chi connectivity index (χ3v) is 3.28. The van der Waals surface area contributed by atoms with E-state index in [-0.39, 0.29) is 6.10 Å². The van der Waals surface area contributed by atoms with Crippen molar-refractivity contribution in [1.29, 1.82) is 0 Å². The summed E-state index contributed by atoms with van der Waals surface area (Å²) in [5.74, 6) is 0.922. The molecule has 19 heavy (non-hydrogen) atoms. The predicted octanol–water partition coefficient (Wildman–Crippen LogP) is 3.38. The molecule has 1 atom stereocenters. The monoisotopic (exact) mass is 260 g/mol. The average molecular weight is 260 g/mol. The maximum Gasteiger partial charge on any atom is 0.143 e. The van der Waals surface area contributed by atoms with E-state index in [4.69, 9.17) is 4.74 Å². The molecule has 0 aliphatic heterocycles. The van der Waals surface area contributed by atoms with Gasteiger partial charge in [-0.25, -0.2) is 0 Å². The number of ether oxygens (including phenoxy) is 1. The van der Waals surface area contributed by atoms with Crippen molar-refractivity contribution >= 4 is 0 Å². The van der Waals surface area contributed by atoms with Crippen LogP contribution in [0.4, 0.5) is 0 Å². The topological polar surface area (TPSA) is 34.2 Å². The minimum absolute atomic E-state index is 0.211. The summed E-state index contributed by atoms with van der Waals surface area (Å²) in [7, 11) is 0. The molecular formula is C16H24N2O. The lowest BCUT2D eigenvalue weighted by molar-refractivity contribution is 0.226. The lowest BCUT2D eigenvalue weighted by atomic mass is 10.1. The first-order valence-electron chi connectivity index (χ1n) is 7.30. The summed E-state index contributed by atoms with van der Waals surface area (Å²) >= 11 is 0. The van der Waals surface area contributed by atoms with E-state index >= 15 is 0 Å². The molecule has 3 heteroatoms. The first kappa shape index (κ1) is 14.1. The standard InChI is InChI=1S/C16H24N2O/c1-3-11-17-12-15-16(10-9-13(2)18-15)19-14-7-5-4-6-8-14/h5,7,9-10,14,17H,3-4,6,8,11-12H2,1-2H3. The number of allylic oxidation sites excluding steroid dienone is 1. The van der Waals surface area contributed by atoms with Gasteiger partial charge in [-0.15, -0.1) is 0 Å². The van der Waals surface area contributed by atoms with Crippen molar-refractivity contribution in [3.63, 3.8) is 0 Å². The molecule has 1 aliphatic rings. The van der Waals surface area contributed by atoms with Crippen LogP contribution in [0.15, 0.2) is 24.3 Å². The molecule has 0 bridgehead atoms. The van der Waals surface area contributed by atoms with Gasteiger partial charge in [0.25, 0.3) is 0 Å². The number of aromatic nitrogens is 1. The van der Waals surface area contributed by atoms with Crippen molar-refractivity contribution in [2.45, 2.75) is 52.2 Å². The van der Waals surface area contributed by atoms with Crippen LogP contribution < -0.4 is 10.1 Å². The summed E-state index contributed by atoms with van der Waals surface area (Å²) in [6.45, 7) is 5.98. The highest BCUT2D eigenvalue weighted by Gasteiger charge is 2.13. The van der Waals surface area contributed by atoms with Gasteiger partial charge in [-0.05, 0) is 57.4 Å². The summed E-state index contributed by atoms with van der Waals surface area (Å²) in [4.78, 5) is 4.60. The normalized spacial score (nSPS) is 18.5. The first-order valence-corrected chi connectivity index (χ1v) is 7.30. The van der Waals surface area contributed by atoms with E-state index in [1.54, 1.807) is 0 Å². The van der Waals surface area contributed by atoms with E-state index in [1.165, 1.54) is 12.8 Å². The fourth-order valence-corrected chi connectivity index (χ4v) is 2.26. The number of aryl methyl sites for hydroxylation is 1. The van der Waals surface area contributed by atoms with Crippen LogP contribution in [-0.4, -0.2) is 17.6 Å².